The number of aliphatic hydroxyl groups is 1. The number of rotatable bonds is 14. The number of quaternary nitrogens is 1. The Labute approximate surface area is 200 Å². The number of halogens is 2. The zero-order valence-corrected chi connectivity index (χ0v) is 20.8. The highest BCUT2D eigenvalue weighted by atomic mass is 35.5. The molecule has 0 saturated carbocycles. The molecule has 2 amide bonds. The maximum Gasteiger partial charge on any atom is 0.369 e. The van der Waals surface area contributed by atoms with Crippen LogP contribution in [-0.2, 0) is 25.1 Å². The van der Waals surface area contributed by atoms with Crippen molar-refractivity contribution in [2.75, 3.05) is 31.4 Å². The van der Waals surface area contributed by atoms with Crippen LogP contribution >= 0.6 is 38.4 Å². The van der Waals surface area contributed by atoms with Crippen LogP contribution in [0.5, 0.6) is 0 Å². The topological polar surface area (TPSA) is 207 Å². The van der Waals surface area contributed by atoms with Crippen molar-refractivity contribution in [2.24, 2.45) is 5.73 Å². The van der Waals surface area contributed by atoms with E-state index in [4.69, 9.17) is 48.5 Å². The first-order valence-electron chi connectivity index (χ1n) is 9.59. The number of benzene rings is 1. The summed E-state index contributed by atoms with van der Waals surface area (Å²) in [4.78, 5) is 60.3. The van der Waals surface area contributed by atoms with Gasteiger partial charge in [-0.1, -0.05) is 12.1 Å². The van der Waals surface area contributed by atoms with Crippen LogP contribution in [0.3, 0.4) is 0 Å². The van der Waals surface area contributed by atoms with E-state index in [2.05, 4.69) is 5.32 Å². The maximum atomic E-state index is 12.2. The van der Waals surface area contributed by atoms with E-state index in [1.165, 1.54) is 0 Å². The SMILES string of the molecule is N[C@@H](Cc1ccc([N+](C=O)(CCCl)CCCl)cc1)C(=O)NCCC(O)(P(=O)(O)O)P(=O)(O)O. The Morgan fingerprint density at radius 1 is 1.09 bits per heavy atom. The van der Waals surface area contributed by atoms with Crippen LogP contribution < -0.4 is 15.5 Å². The molecule has 188 valence electrons. The second-order valence-corrected chi connectivity index (χ2v) is 12.1. The summed E-state index contributed by atoms with van der Waals surface area (Å²) in [5.74, 6) is -0.288. The van der Waals surface area contributed by atoms with Gasteiger partial charge in [-0.05, 0) is 24.1 Å². The molecule has 0 radical (unpaired) electrons. The molecule has 0 heterocycles. The maximum absolute atomic E-state index is 12.2. The Hall–Kier alpha value is -0.880. The van der Waals surface area contributed by atoms with Gasteiger partial charge in [0.15, 0.2) is 0 Å². The van der Waals surface area contributed by atoms with Gasteiger partial charge in [-0.25, -0.2) is 9.28 Å². The van der Waals surface area contributed by atoms with Crippen molar-refractivity contribution >= 4 is 56.4 Å². The summed E-state index contributed by atoms with van der Waals surface area (Å²) < 4.78 is 22.6. The Morgan fingerprint density at radius 3 is 1.97 bits per heavy atom. The Balaban J connectivity index is 2.81. The molecule has 33 heavy (non-hydrogen) atoms. The van der Waals surface area contributed by atoms with Gasteiger partial charge in [0.25, 0.3) is 5.08 Å². The van der Waals surface area contributed by atoms with Gasteiger partial charge in [0, 0.05) is 13.0 Å². The molecule has 0 aliphatic carbocycles. The van der Waals surface area contributed by atoms with Crippen molar-refractivity contribution in [3.8, 4) is 0 Å². The summed E-state index contributed by atoms with van der Waals surface area (Å²) in [6.45, 7) is 0.0393. The van der Waals surface area contributed by atoms with Gasteiger partial charge in [-0.15, -0.1) is 23.2 Å². The zero-order chi connectivity index (χ0) is 25.5. The smallest absolute Gasteiger partial charge is 0.367 e. The molecule has 8 N–H and O–H groups in total. The number of nitrogens with two attached hydrogens (primary N) is 1. The monoisotopic (exact) mass is 550 g/mol. The fourth-order valence-electron chi connectivity index (χ4n) is 3.06. The van der Waals surface area contributed by atoms with Crippen LogP contribution in [-0.4, -0.2) is 79.5 Å². The lowest BCUT2D eigenvalue weighted by molar-refractivity contribution is -0.122. The fraction of sp³-hybridized carbons (Fsp3) is 0.529. The van der Waals surface area contributed by atoms with Gasteiger partial charge in [-0.2, -0.15) is 0 Å². The highest BCUT2D eigenvalue weighted by Crippen LogP contribution is 2.68. The van der Waals surface area contributed by atoms with Crippen LogP contribution in [0.25, 0.3) is 0 Å². The lowest BCUT2D eigenvalue weighted by Gasteiger charge is -2.30. The average molecular weight is 551 g/mol. The van der Waals surface area contributed by atoms with Crippen molar-refractivity contribution in [3.05, 3.63) is 29.8 Å². The standard InChI is InChI=1S/C17H27Cl2N3O9P2/c18-6-9-22(12-23,10-7-19)14-3-1-13(2-4-14)11-15(20)16(24)21-8-5-17(25,32(26,27)28)33(29,30)31/h1-4,12,15,25H,5-11,20H2,(H4-,21,24,26,27,28,29,30,31)/p+1/t15-/m0/s1. The van der Waals surface area contributed by atoms with E-state index in [0.717, 1.165) is 6.41 Å². The number of nitrogens with one attached hydrogen (secondary N) is 1. The van der Waals surface area contributed by atoms with Gasteiger partial charge in [0.2, 0.25) is 5.91 Å². The van der Waals surface area contributed by atoms with E-state index in [1.807, 2.05) is 0 Å². The third-order valence-electron chi connectivity index (χ3n) is 5.10. The molecular formula is C17H28Cl2N3O9P2+. The third-order valence-corrected chi connectivity index (χ3v) is 9.32. The molecule has 1 aromatic rings. The second kappa shape index (κ2) is 12.2. The number of hydrogen-bond donors (Lipinski definition) is 7. The fourth-order valence-corrected chi connectivity index (χ4v) is 5.83. The number of carbonyl (C=O) groups is 2. The predicted molar refractivity (Wildman–Crippen MR) is 124 cm³/mol. The molecule has 0 spiro atoms. The largest absolute Gasteiger partial charge is 0.369 e. The molecule has 0 unspecified atom stereocenters. The summed E-state index contributed by atoms with van der Waals surface area (Å²) in [6.07, 6.45) is -0.281. The molecule has 0 fully saturated rings. The summed E-state index contributed by atoms with van der Waals surface area (Å²) in [6, 6.07) is 5.61. The lowest BCUT2D eigenvalue weighted by Crippen LogP contribution is -2.50. The molecule has 0 bridgehead atoms. The minimum Gasteiger partial charge on any atom is -0.367 e. The van der Waals surface area contributed by atoms with Gasteiger partial charge in [0.1, 0.15) is 18.8 Å². The summed E-state index contributed by atoms with van der Waals surface area (Å²) in [5.41, 5.74) is 7.14. The lowest BCUT2D eigenvalue weighted by atomic mass is 10.0. The highest BCUT2D eigenvalue weighted by molar-refractivity contribution is 7.72. The number of nitrogens with zero attached hydrogens (tertiary/aromatic N) is 1. The molecule has 0 aliphatic heterocycles. The molecule has 0 aliphatic rings. The molecule has 1 atom stereocenters. The first-order chi connectivity index (χ1) is 15.2. The molecule has 1 rings (SSSR count). The molecule has 1 aromatic carbocycles. The van der Waals surface area contributed by atoms with E-state index in [9.17, 15) is 23.8 Å². The Bertz CT molecular complexity index is 879. The van der Waals surface area contributed by atoms with Crippen LogP contribution in [0.15, 0.2) is 24.3 Å². The molecule has 16 heteroatoms. The molecule has 12 nitrogen and oxygen atoms in total. The first kappa shape index (κ1) is 30.2. The summed E-state index contributed by atoms with van der Waals surface area (Å²) in [5, 5.41) is 8.38. The number of alkyl halides is 2. The van der Waals surface area contributed by atoms with E-state index in [-0.39, 0.29) is 22.7 Å². The summed E-state index contributed by atoms with van der Waals surface area (Å²) in [7, 11) is -11.2. The number of hydrogen-bond acceptors (Lipinski definition) is 6. The van der Waals surface area contributed by atoms with Crippen LogP contribution in [0.2, 0.25) is 0 Å². The minimum absolute atomic E-state index is 0.0550. The molecule has 0 saturated heterocycles. The van der Waals surface area contributed by atoms with E-state index in [0.29, 0.717) is 24.3 Å². The van der Waals surface area contributed by atoms with E-state index >= 15 is 0 Å². The van der Waals surface area contributed by atoms with Crippen LogP contribution in [0.4, 0.5) is 5.69 Å². The predicted octanol–water partition coefficient (Wildman–Crippen LogP) is 0.00550. The van der Waals surface area contributed by atoms with Crippen molar-refractivity contribution < 1.29 is 43.4 Å². The number of amides is 2. The summed E-state index contributed by atoms with van der Waals surface area (Å²) >= 11 is 11.6. The van der Waals surface area contributed by atoms with Crippen molar-refractivity contribution in [3.63, 3.8) is 0 Å². The van der Waals surface area contributed by atoms with Crippen LogP contribution in [0.1, 0.15) is 12.0 Å². The van der Waals surface area contributed by atoms with Crippen LogP contribution in [0, 0.1) is 0 Å². The Kier molecular flexibility index (Phi) is 11.1. The van der Waals surface area contributed by atoms with Crippen molar-refractivity contribution in [1.29, 1.82) is 0 Å². The average Bonchev–Trinajstić information content (AvgIpc) is 2.72. The van der Waals surface area contributed by atoms with Gasteiger partial charge in [0.05, 0.1) is 17.8 Å². The van der Waals surface area contributed by atoms with Crippen molar-refractivity contribution in [1.82, 2.24) is 9.80 Å². The molecule has 0 aromatic heterocycles. The van der Waals surface area contributed by atoms with Gasteiger partial charge < -0.3 is 35.7 Å². The second-order valence-electron chi connectivity index (χ2n) is 7.35. The zero-order valence-electron chi connectivity index (χ0n) is 17.5. The van der Waals surface area contributed by atoms with E-state index in [1.54, 1.807) is 24.3 Å². The van der Waals surface area contributed by atoms with Gasteiger partial charge >= 0.3 is 21.6 Å². The quantitative estimate of drug-likeness (QED) is 0.0713. The first-order valence-corrected chi connectivity index (χ1v) is 13.9. The van der Waals surface area contributed by atoms with E-state index < -0.39 is 45.2 Å². The normalized spacial score (nSPS) is 14.1. The Morgan fingerprint density at radius 2 is 1.58 bits per heavy atom. The highest BCUT2D eigenvalue weighted by Gasteiger charge is 2.58. The third kappa shape index (κ3) is 7.55. The molecular weight excluding hydrogens is 523 g/mol. The van der Waals surface area contributed by atoms with Crippen molar-refractivity contribution in [2.45, 2.75) is 24.0 Å². The minimum atomic E-state index is -5.61. The number of carbonyl (C=O) groups excluding carboxylic acids is 2. The van der Waals surface area contributed by atoms with Gasteiger partial charge in [-0.3, -0.25) is 13.9 Å².